The summed E-state index contributed by atoms with van der Waals surface area (Å²) < 4.78 is 5.52. The van der Waals surface area contributed by atoms with Crippen LogP contribution in [-0.2, 0) is 11.2 Å². The van der Waals surface area contributed by atoms with Crippen molar-refractivity contribution in [1.82, 2.24) is 0 Å². The highest BCUT2D eigenvalue weighted by Crippen LogP contribution is 2.16. The molecule has 0 saturated carbocycles. The molecule has 2 aromatic carbocycles. The fourth-order valence-corrected chi connectivity index (χ4v) is 2.22. The summed E-state index contributed by atoms with van der Waals surface area (Å²) in [4.78, 5) is 12.3. The monoisotopic (exact) mass is 334 g/mol. The molecule has 0 aliphatic heterocycles. The van der Waals surface area contributed by atoms with Gasteiger partial charge < -0.3 is 10.1 Å². The maximum Gasteiger partial charge on any atom is 0.266 e. The fraction of sp³-hybridized carbons (Fsp3) is 0.238. The molecule has 1 N–H and O–H groups in total. The van der Waals surface area contributed by atoms with Gasteiger partial charge >= 0.3 is 0 Å². The van der Waals surface area contributed by atoms with Crippen LogP contribution in [0.5, 0.6) is 5.75 Å². The molecule has 25 heavy (non-hydrogen) atoms. The summed E-state index contributed by atoms with van der Waals surface area (Å²) in [6.07, 6.45) is 3.45. The van der Waals surface area contributed by atoms with Gasteiger partial charge in [0.15, 0.2) is 0 Å². The third-order valence-electron chi connectivity index (χ3n) is 3.65. The summed E-state index contributed by atoms with van der Waals surface area (Å²) in [6.45, 7) is 4.78. The zero-order valence-electron chi connectivity index (χ0n) is 14.6. The first-order chi connectivity index (χ1) is 12.2. The molecule has 0 aromatic heterocycles. The minimum Gasteiger partial charge on any atom is -0.494 e. The van der Waals surface area contributed by atoms with Gasteiger partial charge in [-0.25, -0.2) is 0 Å². The molecule has 0 bridgehead atoms. The van der Waals surface area contributed by atoms with E-state index >= 15 is 0 Å². The number of benzene rings is 2. The molecule has 2 rings (SSSR count). The van der Waals surface area contributed by atoms with Crippen molar-refractivity contribution in [2.24, 2.45) is 0 Å². The van der Waals surface area contributed by atoms with Gasteiger partial charge in [0.1, 0.15) is 17.4 Å². The Labute approximate surface area is 148 Å². The van der Waals surface area contributed by atoms with Gasteiger partial charge in [0.25, 0.3) is 5.91 Å². The predicted octanol–water partition coefficient (Wildman–Crippen LogP) is 4.58. The Morgan fingerprint density at radius 3 is 2.36 bits per heavy atom. The Morgan fingerprint density at radius 1 is 1.12 bits per heavy atom. The van der Waals surface area contributed by atoms with Gasteiger partial charge in [0.05, 0.1) is 6.61 Å². The van der Waals surface area contributed by atoms with E-state index in [1.807, 2.05) is 61.5 Å². The van der Waals surface area contributed by atoms with Crippen LogP contribution in [0.25, 0.3) is 6.08 Å². The summed E-state index contributed by atoms with van der Waals surface area (Å²) in [5.74, 6) is 0.357. The topological polar surface area (TPSA) is 62.1 Å². The van der Waals surface area contributed by atoms with Gasteiger partial charge in [0, 0.05) is 5.69 Å². The fourth-order valence-electron chi connectivity index (χ4n) is 2.22. The van der Waals surface area contributed by atoms with Crippen LogP contribution in [0.4, 0.5) is 5.69 Å². The zero-order valence-corrected chi connectivity index (χ0v) is 14.6. The minimum absolute atomic E-state index is 0.0572. The lowest BCUT2D eigenvalue weighted by molar-refractivity contribution is -0.112. The molecule has 0 radical (unpaired) electrons. The van der Waals surface area contributed by atoms with Gasteiger partial charge in [-0.3, -0.25) is 4.79 Å². The van der Waals surface area contributed by atoms with Crippen LogP contribution in [0, 0.1) is 11.3 Å². The van der Waals surface area contributed by atoms with E-state index in [9.17, 15) is 10.1 Å². The number of hydrogen-bond donors (Lipinski definition) is 1. The Kier molecular flexibility index (Phi) is 6.79. The molecule has 4 heteroatoms. The molecular formula is C21H22N2O2. The number of nitrogens with zero attached hydrogens (tertiary/aromatic N) is 1. The second kappa shape index (κ2) is 9.29. The highest BCUT2D eigenvalue weighted by atomic mass is 16.5. The van der Waals surface area contributed by atoms with E-state index in [-0.39, 0.29) is 5.57 Å². The molecule has 1 amide bonds. The van der Waals surface area contributed by atoms with Gasteiger partial charge in [-0.05, 0) is 54.3 Å². The average molecular weight is 334 g/mol. The number of aryl methyl sites for hydroxylation is 1. The van der Waals surface area contributed by atoms with Crippen LogP contribution in [0.1, 0.15) is 31.4 Å². The number of ether oxygens (including phenoxy) is 1. The normalized spacial score (nSPS) is 10.8. The van der Waals surface area contributed by atoms with Gasteiger partial charge in [-0.1, -0.05) is 38.1 Å². The van der Waals surface area contributed by atoms with E-state index in [1.165, 1.54) is 5.56 Å². The second-order valence-electron chi connectivity index (χ2n) is 5.59. The molecule has 4 nitrogen and oxygen atoms in total. The SMILES string of the molecule is CCCOc1ccc(/C=C(\C#N)C(=O)Nc2ccc(CC)cc2)cc1. The molecule has 0 atom stereocenters. The lowest BCUT2D eigenvalue weighted by Crippen LogP contribution is -2.13. The highest BCUT2D eigenvalue weighted by molar-refractivity contribution is 6.09. The Balaban J connectivity index is 2.07. The number of amides is 1. The smallest absolute Gasteiger partial charge is 0.266 e. The first-order valence-corrected chi connectivity index (χ1v) is 8.41. The van der Waals surface area contributed by atoms with Crippen LogP contribution in [-0.4, -0.2) is 12.5 Å². The lowest BCUT2D eigenvalue weighted by atomic mass is 10.1. The zero-order chi connectivity index (χ0) is 18.1. The van der Waals surface area contributed by atoms with Crippen molar-refractivity contribution >= 4 is 17.7 Å². The van der Waals surface area contributed by atoms with Gasteiger partial charge in [-0.15, -0.1) is 0 Å². The first-order valence-electron chi connectivity index (χ1n) is 8.41. The average Bonchev–Trinajstić information content (AvgIpc) is 2.65. The van der Waals surface area contributed by atoms with Crippen molar-refractivity contribution in [3.05, 3.63) is 65.2 Å². The molecule has 2 aromatic rings. The standard InChI is InChI=1S/C21H22N2O2/c1-3-13-25-20-11-7-17(8-12-20)14-18(15-22)21(24)23-19-9-5-16(4-2)6-10-19/h5-12,14H,3-4,13H2,1-2H3,(H,23,24)/b18-14+. The molecule has 0 aliphatic rings. The van der Waals surface area contributed by atoms with Crippen LogP contribution in [0.2, 0.25) is 0 Å². The number of nitriles is 1. The molecule has 0 unspecified atom stereocenters. The number of carbonyl (C=O) groups is 1. The third kappa shape index (κ3) is 5.50. The molecular weight excluding hydrogens is 312 g/mol. The Hall–Kier alpha value is -3.06. The van der Waals surface area contributed by atoms with Crippen molar-refractivity contribution in [1.29, 1.82) is 5.26 Å². The van der Waals surface area contributed by atoms with E-state index in [0.29, 0.717) is 12.3 Å². The maximum atomic E-state index is 12.3. The van der Waals surface area contributed by atoms with E-state index in [1.54, 1.807) is 6.08 Å². The van der Waals surface area contributed by atoms with Crippen LogP contribution in [0.3, 0.4) is 0 Å². The van der Waals surface area contributed by atoms with E-state index < -0.39 is 5.91 Å². The number of rotatable bonds is 7. The Morgan fingerprint density at radius 2 is 1.80 bits per heavy atom. The summed E-state index contributed by atoms with van der Waals surface area (Å²) >= 11 is 0. The van der Waals surface area contributed by atoms with Crippen LogP contribution >= 0.6 is 0 Å². The van der Waals surface area contributed by atoms with Crippen LogP contribution < -0.4 is 10.1 Å². The number of nitrogens with one attached hydrogen (secondary N) is 1. The summed E-state index contributed by atoms with van der Waals surface area (Å²) in [6, 6.07) is 16.9. The largest absolute Gasteiger partial charge is 0.494 e. The predicted molar refractivity (Wildman–Crippen MR) is 100 cm³/mol. The molecule has 0 aliphatic carbocycles. The number of carbonyl (C=O) groups excluding carboxylic acids is 1. The Bertz CT molecular complexity index is 769. The molecule has 0 fully saturated rings. The maximum absolute atomic E-state index is 12.3. The molecule has 0 saturated heterocycles. The summed E-state index contributed by atoms with van der Waals surface area (Å²) in [5, 5.41) is 12.0. The molecule has 0 spiro atoms. The van der Waals surface area contributed by atoms with Crippen molar-refractivity contribution in [3.63, 3.8) is 0 Å². The van der Waals surface area contributed by atoms with Gasteiger partial charge in [-0.2, -0.15) is 5.26 Å². The van der Waals surface area contributed by atoms with Crippen molar-refractivity contribution in [2.45, 2.75) is 26.7 Å². The molecule has 128 valence electrons. The van der Waals surface area contributed by atoms with Crippen LogP contribution in [0.15, 0.2) is 54.1 Å². The first kappa shape index (κ1) is 18.3. The van der Waals surface area contributed by atoms with E-state index in [2.05, 4.69) is 12.2 Å². The van der Waals surface area contributed by atoms with E-state index in [4.69, 9.17) is 4.74 Å². The van der Waals surface area contributed by atoms with Crippen molar-refractivity contribution in [2.75, 3.05) is 11.9 Å². The third-order valence-corrected chi connectivity index (χ3v) is 3.65. The number of hydrogen-bond acceptors (Lipinski definition) is 3. The quantitative estimate of drug-likeness (QED) is 0.595. The number of anilines is 1. The summed E-state index contributed by atoms with van der Waals surface area (Å²) in [7, 11) is 0. The van der Waals surface area contributed by atoms with E-state index in [0.717, 1.165) is 24.2 Å². The highest BCUT2D eigenvalue weighted by Gasteiger charge is 2.09. The van der Waals surface area contributed by atoms with Crippen molar-refractivity contribution < 1.29 is 9.53 Å². The summed E-state index contributed by atoms with van der Waals surface area (Å²) in [5.41, 5.74) is 2.70. The lowest BCUT2D eigenvalue weighted by Gasteiger charge is -2.06. The molecule has 0 heterocycles. The minimum atomic E-state index is -0.418. The van der Waals surface area contributed by atoms with Gasteiger partial charge in [0.2, 0.25) is 0 Å². The second-order valence-corrected chi connectivity index (χ2v) is 5.59. The van der Waals surface area contributed by atoms with Crippen molar-refractivity contribution in [3.8, 4) is 11.8 Å².